The SMILES string of the molecule is CC(=O)NC(C(=O)NCCC(=O)Nc1cc(Br)ccc1C)C1CCCC1. The molecule has 3 N–H and O–H groups in total. The predicted molar refractivity (Wildman–Crippen MR) is 105 cm³/mol. The Morgan fingerprint density at radius 1 is 1.23 bits per heavy atom. The molecule has 1 aliphatic rings. The highest BCUT2D eigenvalue weighted by Crippen LogP contribution is 2.28. The number of carbonyl (C=O) groups is 3. The predicted octanol–water partition coefficient (Wildman–Crippen LogP) is 2.90. The van der Waals surface area contributed by atoms with Crippen LogP contribution in [0.4, 0.5) is 5.69 Å². The number of hydrogen-bond acceptors (Lipinski definition) is 3. The molecule has 1 unspecified atom stereocenters. The maximum absolute atomic E-state index is 12.4. The number of benzene rings is 1. The third-order valence-electron chi connectivity index (χ3n) is 4.64. The molecule has 26 heavy (non-hydrogen) atoms. The van der Waals surface area contributed by atoms with Gasteiger partial charge in [-0.25, -0.2) is 0 Å². The van der Waals surface area contributed by atoms with E-state index >= 15 is 0 Å². The molecule has 0 heterocycles. The Kier molecular flexibility index (Phi) is 7.63. The molecule has 3 amide bonds. The molecule has 6 nitrogen and oxygen atoms in total. The molecule has 0 radical (unpaired) electrons. The fourth-order valence-corrected chi connectivity index (χ4v) is 3.62. The monoisotopic (exact) mass is 423 g/mol. The fourth-order valence-electron chi connectivity index (χ4n) is 3.26. The standard InChI is InChI=1S/C19H26BrN3O3/c1-12-7-8-15(20)11-16(12)23-17(25)9-10-21-19(26)18(22-13(2)24)14-5-3-4-6-14/h7-8,11,14,18H,3-6,9-10H2,1-2H3,(H,21,26)(H,22,24)(H,23,25). The van der Waals surface area contributed by atoms with Crippen molar-refractivity contribution in [3.05, 3.63) is 28.2 Å². The first kappa shape index (κ1) is 20.4. The molecule has 1 atom stereocenters. The molecule has 142 valence electrons. The van der Waals surface area contributed by atoms with Gasteiger partial charge in [-0.05, 0) is 43.4 Å². The fraction of sp³-hybridized carbons (Fsp3) is 0.526. The molecule has 1 fully saturated rings. The van der Waals surface area contributed by atoms with Crippen molar-refractivity contribution in [3.63, 3.8) is 0 Å². The van der Waals surface area contributed by atoms with Crippen LogP contribution in [0.5, 0.6) is 0 Å². The molecule has 1 aromatic carbocycles. The summed E-state index contributed by atoms with van der Waals surface area (Å²) in [5.74, 6) is -0.404. The number of anilines is 1. The Morgan fingerprint density at radius 3 is 2.58 bits per heavy atom. The number of halogens is 1. The second-order valence-electron chi connectivity index (χ2n) is 6.77. The maximum atomic E-state index is 12.4. The van der Waals surface area contributed by atoms with Crippen LogP contribution in [0.1, 0.15) is 44.6 Å². The lowest BCUT2D eigenvalue weighted by Crippen LogP contribution is -2.50. The molecule has 0 aliphatic heterocycles. The highest BCUT2D eigenvalue weighted by atomic mass is 79.9. The second kappa shape index (κ2) is 9.71. The normalized spacial score (nSPS) is 15.3. The molecule has 0 bridgehead atoms. The molecule has 0 saturated heterocycles. The minimum atomic E-state index is -0.509. The van der Waals surface area contributed by atoms with Crippen molar-refractivity contribution in [1.29, 1.82) is 0 Å². The molecule has 2 rings (SSSR count). The molecular formula is C19H26BrN3O3. The Hall–Kier alpha value is -1.89. The van der Waals surface area contributed by atoms with Crippen LogP contribution in [-0.4, -0.2) is 30.3 Å². The summed E-state index contributed by atoms with van der Waals surface area (Å²) in [6.07, 6.45) is 4.24. The van der Waals surface area contributed by atoms with E-state index in [4.69, 9.17) is 0 Å². The summed E-state index contributed by atoms with van der Waals surface area (Å²) < 4.78 is 0.890. The third kappa shape index (κ3) is 6.12. The van der Waals surface area contributed by atoms with Gasteiger partial charge >= 0.3 is 0 Å². The van der Waals surface area contributed by atoms with Crippen LogP contribution in [-0.2, 0) is 14.4 Å². The van der Waals surface area contributed by atoms with Crippen molar-refractivity contribution in [2.24, 2.45) is 5.92 Å². The first-order chi connectivity index (χ1) is 12.4. The number of carbonyl (C=O) groups excluding carboxylic acids is 3. The van der Waals surface area contributed by atoms with E-state index in [2.05, 4.69) is 31.9 Å². The average molecular weight is 424 g/mol. The largest absolute Gasteiger partial charge is 0.354 e. The van der Waals surface area contributed by atoms with Crippen LogP contribution in [0.2, 0.25) is 0 Å². The Morgan fingerprint density at radius 2 is 1.92 bits per heavy atom. The lowest BCUT2D eigenvalue weighted by Gasteiger charge is -2.23. The Labute approximate surface area is 162 Å². The van der Waals surface area contributed by atoms with E-state index < -0.39 is 6.04 Å². The van der Waals surface area contributed by atoms with Crippen molar-refractivity contribution in [3.8, 4) is 0 Å². The number of aryl methyl sites for hydroxylation is 1. The third-order valence-corrected chi connectivity index (χ3v) is 5.13. The number of rotatable bonds is 7. The zero-order chi connectivity index (χ0) is 19.1. The van der Waals surface area contributed by atoms with Crippen molar-refractivity contribution >= 4 is 39.3 Å². The van der Waals surface area contributed by atoms with E-state index in [0.29, 0.717) is 0 Å². The number of nitrogens with one attached hydrogen (secondary N) is 3. The van der Waals surface area contributed by atoms with Gasteiger partial charge in [0, 0.05) is 30.0 Å². The van der Waals surface area contributed by atoms with Gasteiger partial charge in [0.05, 0.1) is 0 Å². The molecule has 1 saturated carbocycles. The van der Waals surface area contributed by atoms with Gasteiger partial charge in [-0.2, -0.15) is 0 Å². The molecule has 0 spiro atoms. The highest BCUT2D eigenvalue weighted by Gasteiger charge is 2.31. The van der Waals surface area contributed by atoms with Crippen LogP contribution in [0.15, 0.2) is 22.7 Å². The smallest absolute Gasteiger partial charge is 0.242 e. The molecule has 0 aromatic heterocycles. The van der Waals surface area contributed by atoms with Gasteiger partial charge in [-0.1, -0.05) is 34.8 Å². The van der Waals surface area contributed by atoms with Gasteiger partial charge < -0.3 is 16.0 Å². The van der Waals surface area contributed by atoms with E-state index in [1.165, 1.54) is 6.92 Å². The van der Waals surface area contributed by atoms with Crippen LogP contribution in [0.3, 0.4) is 0 Å². The first-order valence-electron chi connectivity index (χ1n) is 8.97. The minimum absolute atomic E-state index is 0.163. The van der Waals surface area contributed by atoms with Gasteiger partial charge in [-0.15, -0.1) is 0 Å². The van der Waals surface area contributed by atoms with Gasteiger partial charge in [0.1, 0.15) is 6.04 Å². The number of amides is 3. The summed E-state index contributed by atoms with van der Waals surface area (Å²) >= 11 is 3.38. The molecule has 1 aliphatic carbocycles. The summed E-state index contributed by atoms with van der Waals surface area (Å²) in [4.78, 5) is 36.0. The zero-order valence-electron chi connectivity index (χ0n) is 15.2. The lowest BCUT2D eigenvalue weighted by atomic mass is 9.97. The first-order valence-corrected chi connectivity index (χ1v) is 9.77. The Bertz CT molecular complexity index is 672. The van der Waals surface area contributed by atoms with Crippen molar-refractivity contribution in [2.45, 2.75) is 52.0 Å². The van der Waals surface area contributed by atoms with Crippen molar-refractivity contribution in [2.75, 3.05) is 11.9 Å². The van der Waals surface area contributed by atoms with Gasteiger partial charge in [-0.3, -0.25) is 14.4 Å². The van der Waals surface area contributed by atoms with E-state index in [-0.39, 0.29) is 36.6 Å². The minimum Gasteiger partial charge on any atom is -0.354 e. The van der Waals surface area contributed by atoms with Gasteiger partial charge in [0.15, 0.2) is 0 Å². The van der Waals surface area contributed by atoms with E-state index in [1.807, 2.05) is 25.1 Å². The second-order valence-corrected chi connectivity index (χ2v) is 7.69. The summed E-state index contributed by atoms with van der Waals surface area (Å²) in [7, 11) is 0. The summed E-state index contributed by atoms with van der Waals surface area (Å²) in [5, 5.41) is 8.39. The van der Waals surface area contributed by atoms with Crippen molar-refractivity contribution < 1.29 is 14.4 Å². The summed E-state index contributed by atoms with van der Waals surface area (Å²) in [6, 6.07) is 5.17. The van der Waals surface area contributed by atoms with Gasteiger partial charge in [0.25, 0.3) is 0 Å². The molecule has 7 heteroatoms. The Balaban J connectivity index is 1.82. The topological polar surface area (TPSA) is 87.3 Å². The highest BCUT2D eigenvalue weighted by molar-refractivity contribution is 9.10. The van der Waals surface area contributed by atoms with E-state index in [0.717, 1.165) is 41.4 Å². The number of hydrogen-bond donors (Lipinski definition) is 3. The van der Waals surface area contributed by atoms with Crippen molar-refractivity contribution in [1.82, 2.24) is 10.6 Å². The summed E-state index contributed by atoms with van der Waals surface area (Å²) in [6.45, 7) is 3.58. The van der Waals surface area contributed by atoms with Crippen LogP contribution in [0.25, 0.3) is 0 Å². The molecule has 1 aromatic rings. The maximum Gasteiger partial charge on any atom is 0.242 e. The van der Waals surface area contributed by atoms with Crippen LogP contribution < -0.4 is 16.0 Å². The van der Waals surface area contributed by atoms with E-state index in [9.17, 15) is 14.4 Å². The molecular weight excluding hydrogens is 398 g/mol. The van der Waals surface area contributed by atoms with Gasteiger partial charge in [0.2, 0.25) is 17.7 Å². The average Bonchev–Trinajstić information content (AvgIpc) is 3.10. The van der Waals surface area contributed by atoms with Crippen LogP contribution >= 0.6 is 15.9 Å². The quantitative estimate of drug-likeness (QED) is 0.629. The lowest BCUT2D eigenvalue weighted by molar-refractivity contribution is -0.129. The summed E-state index contributed by atoms with van der Waals surface area (Å²) in [5.41, 5.74) is 1.72. The zero-order valence-corrected chi connectivity index (χ0v) is 16.8. The van der Waals surface area contributed by atoms with E-state index in [1.54, 1.807) is 0 Å². The van der Waals surface area contributed by atoms with Crippen LogP contribution in [0, 0.1) is 12.8 Å².